The average molecular weight is 397 g/mol. The topological polar surface area (TPSA) is 84.9 Å². The maximum atomic E-state index is 12.3. The monoisotopic (exact) mass is 397 g/mol. The first kappa shape index (κ1) is 20.9. The predicted octanol–water partition coefficient (Wildman–Crippen LogP) is 4.18. The lowest BCUT2D eigenvalue weighted by molar-refractivity contribution is -0.142. The SMILES string of the molecule is CCC(C)(C)OC[C@H](NC(=O)OCC1c2ccccc2-c2ccccc21)C(=O)O. The van der Waals surface area contributed by atoms with E-state index in [0.29, 0.717) is 0 Å². The normalized spacial score (nSPS) is 14.0. The van der Waals surface area contributed by atoms with Crippen molar-refractivity contribution in [3.05, 3.63) is 59.7 Å². The van der Waals surface area contributed by atoms with Crippen molar-refractivity contribution in [3.63, 3.8) is 0 Å². The van der Waals surface area contributed by atoms with E-state index >= 15 is 0 Å². The highest BCUT2D eigenvalue weighted by Gasteiger charge is 2.30. The molecule has 1 amide bonds. The Morgan fingerprint density at radius 2 is 1.62 bits per heavy atom. The largest absolute Gasteiger partial charge is 0.480 e. The quantitative estimate of drug-likeness (QED) is 0.698. The Balaban J connectivity index is 1.63. The smallest absolute Gasteiger partial charge is 0.407 e. The van der Waals surface area contributed by atoms with Gasteiger partial charge < -0.3 is 19.9 Å². The molecule has 2 aromatic carbocycles. The Hall–Kier alpha value is -2.86. The van der Waals surface area contributed by atoms with Crippen LogP contribution in [-0.4, -0.2) is 42.0 Å². The molecule has 6 heteroatoms. The number of hydrogen-bond acceptors (Lipinski definition) is 4. The standard InChI is InChI=1S/C23H27NO5/c1-4-23(2,3)29-14-20(21(25)26)24-22(27)28-13-19-17-11-7-5-9-15(17)16-10-6-8-12-18(16)19/h5-12,19-20H,4,13-14H2,1-3H3,(H,24,27)(H,25,26)/t20-/m0/s1. The minimum absolute atomic E-state index is 0.0771. The molecular formula is C23H27NO5. The zero-order chi connectivity index (χ0) is 21.0. The van der Waals surface area contributed by atoms with Crippen LogP contribution in [0.1, 0.15) is 44.2 Å². The summed E-state index contributed by atoms with van der Waals surface area (Å²) in [6, 6.07) is 14.9. The van der Waals surface area contributed by atoms with Crippen LogP contribution >= 0.6 is 0 Å². The summed E-state index contributed by atoms with van der Waals surface area (Å²) in [4.78, 5) is 23.8. The fraction of sp³-hybridized carbons (Fsp3) is 0.391. The van der Waals surface area contributed by atoms with Gasteiger partial charge in [0.05, 0.1) is 12.2 Å². The highest BCUT2D eigenvalue weighted by atomic mass is 16.6. The van der Waals surface area contributed by atoms with Gasteiger partial charge in [0, 0.05) is 5.92 Å². The minimum atomic E-state index is -1.17. The van der Waals surface area contributed by atoms with E-state index in [1.54, 1.807) is 0 Å². The summed E-state index contributed by atoms with van der Waals surface area (Å²) >= 11 is 0. The van der Waals surface area contributed by atoms with Crippen molar-refractivity contribution in [1.29, 1.82) is 0 Å². The number of ether oxygens (including phenoxy) is 2. The molecule has 0 aromatic heterocycles. The Labute approximate surface area is 170 Å². The maximum absolute atomic E-state index is 12.3. The molecule has 0 fully saturated rings. The molecule has 1 aliphatic carbocycles. The minimum Gasteiger partial charge on any atom is -0.480 e. The van der Waals surface area contributed by atoms with Crippen molar-refractivity contribution in [2.75, 3.05) is 13.2 Å². The van der Waals surface area contributed by atoms with Gasteiger partial charge in [-0.15, -0.1) is 0 Å². The first-order valence-corrected chi connectivity index (χ1v) is 9.80. The number of fused-ring (bicyclic) bond motifs is 3. The number of aliphatic carboxylic acids is 1. The molecule has 1 atom stereocenters. The molecule has 1 aliphatic rings. The van der Waals surface area contributed by atoms with Gasteiger partial charge in [-0.1, -0.05) is 55.5 Å². The van der Waals surface area contributed by atoms with Crippen molar-refractivity contribution < 1.29 is 24.2 Å². The van der Waals surface area contributed by atoms with E-state index in [-0.39, 0.29) is 19.1 Å². The van der Waals surface area contributed by atoms with Crippen molar-refractivity contribution in [1.82, 2.24) is 5.32 Å². The summed E-state index contributed by atoms with van der Waals surface area (Å²) in [5.74, 6) is -1.24. The highest BCUT2D eigenvalue weighted by Crippen LogP contribution is 2.44. The van der Waals surface area contributed by atoms with Crippen LogP contribution in [0.25, 0.3) is 11.1 Å². The molecular weight excluding hydrogens is 370 g/mol. The zero-order valence-corrected chi connectivity index (χ0v) is 17.0. The highest BCUT2D eigenvalue weighted by molar-refractivity contribution is 5.81. The lowest BCUT2D eigenvalue weighted by atomic mass is 9.98. The van der Waals surface area contributed by atoms with Crippen LogP contribution in [0.3, 0.4) is 0 Å². The lowest BCUT2D eigenvalue weighted by Crippen LogP contribution is -2.46. The van der Waals surface area contributed by atoms with Gasteiger partial charge in [-0.25, -0.2) is 9.59 Å². The van der Waals surface area contributed by atoms with Crippen LogP contribution in [0.5, 0.6) is 0 Å². The summed E-state index contributed by atoms with van der Waals surface area (Å²) < 4.78 is 11.0. The van der Waals surface area contributed by atoms with Gasteiger partial charge in [-0.3, -0.25) is 0 Å². The summed E-state index contributed by atoms with van der Waals surface area (Å²) in [7, 11) is 0. The van der Waals surface area contributed by atoms with Crippen LogP contribution in [0.15, 0.2) is 48.5 Å². The molecule has 0 aliphatic heterocycles. The molecule has 2 N–H and O–H groups in total. The second kappa shape index (κ2) is 8.66. The van der Waals surface area contributed by atoms with Crippen LogP contribution in [0.2, 0.25) is 0 Å². The van der Waals surface area contributed by atoms with E-state index in [1.807, 2.05) is 57.2 Å². The number of nitrogens with one attached hydrogen (secondary N) is 1. The Bertz CT molecular complexity index is 847. The van der Waals surface area contributed by atoms with Gasteiger partial charge >= 0.3 is 12.1 Å². The summed E-state index contributed by atoms with van der Waals surface area (Å²) in [5.41, 5.74) is 4.01. The van der Waals surface area contributed by atoms with Gasteiger partial charge in [-0.05, 0) is 42.5 Å². The molecule has 0 unspecified atom stereocenters. The van der Waals surface area contributed by atoms with E-state index in [1.165, 1.54) is 0 Å². The molecule has 154 valence electrons. The van der Waals surface area contributed by atoms with Gasteiger partial charge in [0.15, 0.2) is 6.04 Å². The summed E-state index contributed by atoms with van der Waals surface area (Å²) in [6.07, 6.45) is -0.0400. The van der Waals surface area contributed by atoms with Crippen LogP contribution in [-0.2, 0) is 14.3 Å². The molecule has 2 aromatic rings. The fourth-order valence-electron chi connectivity index (χ4n) is 3.37. The van der Waals surface area contributed by atoms with E-state index in [9.17, 15) is 14.7 Å². The Morgan fingerprint density at radius 1 is 1.07 bits per heavy atom. The number of carboxylic acids is 1. The molecule has 0 radical (unpaired) electrons. The van der Waals surface area contributed by atoms with E-state index in [0.717, 1.165) is 28.7 Å². The lowest BCUT2D eigenvalue weighted by Gasteiger charge is -2.26. The van der Waals surface area contributed by atoms with Gasteiger partial charge in [-0.2, -0.15) is 0 Å². The third-order valence-corrected chi connectivity index (χ3v) is 5.43. The van der Waals surface area contributed by atoms with E-state index < -0.39 is 23.7 Å². The third-order valence-electron chi connectivity index (χ3n) is 5.43. The first-order chi connectivity index (χ1) is 13.8. The number of rotatable bonds is 8. The maximum Gasteiger partial charge on any atom is 0.407 e. The van der Waals surface area contributed by atoms with Crippen molar-refractivity contribution in [3.8, 4) is 11.1 Å². The number of carboxylic acid groups (broad SMARTS) is 1. The average Bonchev–Trinajstić information content (AvgIpc) is 3.03. The Morgan fingerprint density at radius 3 is 2.14 bits per heavy atom. The molecule has 0 saturated heterocycles. The Kier molecular flexibility index (Phi) is 6.23. The number of hydrogen-bond donors (Lipinski definition) is 2. The van der Waals surface area contributed by atoms with Gasteiger partial charge in [0.2, 0.25) is 0 Å². The summed E-state index contributed by atoms with van der Waals surface area (Å²) in [5, 5.41) is 11.8. The van der Waals surface area contributed by atoms with Gasteiger partial charge in [0.1, 0.15) is 6.61 Å². The summed E-state index contributed by atoms with van der Waals surface area (Å²) in [6.45, 7) is 5.71. The van der Waals surface area contributed by atoms with Crippen LogP contribution in [0.4, 0.5) is 4.79 Å². The number of amides is 1. The molecule has 29 heavy (non-hydrogen) atoms. The molecule has 0 bridgehead atoms. The molecule has 0 spiro atoms. The first-order valence-electron chi connectivity index (χ1n) is 9.80. The van der Waals surface area contributed by atoms with E-state index in [4.69, 9.17) is 9.47 Å². The number of benzene rings is 2. The van der Waals surface area contributed by atoms with Crippen LogP contribution < -0.4 is 5.32 Å². The fourth-order valence-corrected chi connectivity index (χ4v) is 3.37. The zero-order valence-electron chi connectivity index (χ0n) is 17.0. The second-order valence-corrected chi connectivity index (χ2v) is 7.78. The van der Waals surface area contributed by atoms with Crippen molar-refractivity contribution >= 4 is 12.1 Å². The van der Waals surface area contributed by atoms with E-state index in [2.05, 4.69) is 17.4 Å². The second-order valence-electron chi connectivity index (χ2n) is 7.78. The number of carbonyl (C=O) groups excluding carboxylic acids is 1. The number of carbonyl (C=O) groups is 2. The third kappa shape index (κ3) is 4.77. The van der Waals surface area contributed by atoms with Crippen LogP contribution in [0, 0.1) is 0 Å². The van der Waals surface area contributed by atoms with Gasteiger partial charge in [0.25, 0.3) is 0 Å². The molecule has 3 rings (SSSR count). The predicted molar refractivity (Wildman–Crippen MR) is 110 cm³/mol. The number of alkyl carbamates (subject to hydrolysis) is 1. The molecule has 0 saturated carbocycles. The van der Waals surface area contributed by atoms with Crippen molar-refractivity contribution in [2.24, 2.45) is 0 Å². The molecule has 6 nitrogen and oxygen atoms in total. The molecule has 0 heterocycles. The van der Waals surface area contributed by atoms with Crippen molar-refractivity contribution in [2.45, 2.75) is 44.8 Å².